The summed E-state index contributed by atoms with van der Waals surface area (Å²) < 4.78 is 0. The minimum atomic E-state index is 1.08. The van der Waals surface area contributed by atoms with Gasteiger partial charge in [0, 0.05) is 0 Å². The molecular formula is C15H32. The van der Waals surface area contributed by atoms with Crippen LogP contribution in [0.15, 0.2) is 0 Å². The van der Waals surface area contributed by atoms with Crippen LogP contribution in [-0.4, -0.2) is 0 Å². The first-order chi connectivity index (χ1) is 7.38. The normalized spacial score (nSPS) is 26.4. The van der Waals surface area contributed by atoms with E-state index in [4.69, 9.17) is 0 Å². The summed E-state index contributed by atoms with van der Waals surface area (Å²) in [7, 11) is 0. The highest BCUT2D eigenvalue weighted by Crippen LogP contribution is 2.34. The zero-order valence-corrected chi connectivity index (χ0v) is 11.5. The number of hydrogen-bond donors (Lipinski definition) is 0. The molecule has 0 heterocycles. The van der Waals surface area contributed by atoms with E-state index in [1.54, 1.807) is 0 Å². The molecule has 15 heavy (non-hydrogen) atoms. The summed E-state index contributed by atoms with van der Waals surface area (Å²) in [6, 6.07) is 0. The molecule has 1 fully saturated rings. The smallest absolute Gasteiger partial charge is 0.0386 e. The van der Waals surface area contributed by atoms with Gasteiger partial charge >= 0.3 is 0 Å². The van der Waals surface area contributed by atoms with E-state index in [9.17, 15) is 0 Å². The first-order valence-corrected chi connectivity index (χ1v) is 7.38. The van der Waals surface area contributed by atoms with Gasteiger partial charge in [0.25, 0.3) is 0 Å². The van der Waals surface area contributed by atoms with Crippen LogP contribution in [-0.2, 0) is 0 Å². The zero-order valence-electron chi connectivity index (χ0n) is 11.5. The van der Waals surface area contributed by atoms with Crippen LogP contribution in [0.25, 0.3) is 0 Å². The molecule has 1 rings (SSSR count). The lowest BCUT2D eigenvalue weighted by atomic mass is 9.82. The van der Waals surface area contributed by atoms with Crippen LogP contribution in [0.5, 0.6) is 0 Å². The minimum absolute atomic E-state index is 1.08. The molecule has 2 unspecified atom stereocenters. The summed E-state index contributed by atoms with van der Waals surface area (Å²) >= 11 is 0. The molecule has 0 aromatic heterocycles. The summed E-state index contributed by atoms with van der Waals surface area (Å²) in [4.78, 5) is 0. The van der Waals surface area contributed by atoms with Crippen molar-refractivity contribution in [3.05, 3.63) is 0 Å². The van der Waals surface area contributed by atoms with Crippen molar-refractivity contribution in [2.45, 2.75) is 85.5 Å². The molecular weight excluding hydrogens is 180 g/mol. The van der Waals surface area contributed by atoms with E-state index >= 15 is 0 Å². The Labute approximate surface area is 97.8 Å². The molecule has 0 amide bonds. The molecule has 1 saturated carbocycles. The van der Waals surface area contributed by atoms with Crippen LogP contribution in [0.4, 0.5) is 0 Å². The molecule has 1 aliphatic carbocycles. The predicted octanol–water partition coefficient (Wildman–Crippen LogP) is 5.81. The van der Waals surface area contributed by atoms with E-state index in [2.05, 4.69) is 13.8 Å². The standard InChI is InChI=1S/C13H26.C2H6/c1-3-8-12-10-6-5-7-11-13(12)9-4-2;1-2/h12-13H,3-11H2,1-2H3;1-2H3. The quantitative estimate of drug-likeness (QED) is 0.516. The van der Waals surface area contributed by atoms with Crippen LogP contribution in [0, 0.1) is 11.8 Å². The zero-order chi connectivity index (χ0) is 11.5. The van der Waals surface area contributed by atoms with E-state index in [1.807, 2.05) is 13.8 Å². The lowest BCUT2D eigenvalue weighted by Gasteiger charge is -2.24. The summed E-state index contributed by atoms with van der Waals surface area (Å²) in [6.07, 6.45) is 13.3. The van der Waals surface area contributed by atoms with Gasteiger partial charge in [0.1, 0.15) is 0 Å². The van der Waals surface area contributed by atoms with E-state index in [0.717, 1.165) is 11.8 Å². The molecule has 0 aromatic rings. The van der Waals surface area contributed by atoms with E-state index in [0.29, 0.717) is 0 Å². The first kappa shape index (κ1) is 15.0. The Morgan fingerprint density at radius 3 is 1.47 bits per heavy atom. The van der Waals surface area contributed by atoms with Gasteiger partial charge in [-0.3, -0.25) is 0 Å². The van der Waals surface area contributed by atoms with Crippen LogP contribution >= 0.6 is 0 Å². The Hall–Kier alpha value is 0. The van der Waals surface area contributed by atoms with E-state index < -0.39 is 0 Å². The molecule has 0 aromatic carbocycles. The second kappa shape index (κ2) is 10.5. The summed E-state index contributed by atoms with van der Waals surface area (Å²) in [5.41, 5.74) is 0. The molecule has 0 aliphatic heterocycles. The minimum Gasteiger partial charge on any atom is -0.0683 e. The lowest BCUT2D eigenvalue weighted by molar-refractivity contribution is 0.274. The van der Waals surface area contributed by atoms with Gasteiger partial charge in [-0.25, -0.2) is 0 Å². The van der Waals surface area contributed by atoms with Gasteiger partial charge in [-0.05, 0) is 11.8 Å². The SMILES string of the molecule is CC.CCCC1CCCCCC1CCC. The first-order valence-electron chi connectivity index (χ1n) is 7.38. The molecule has 2 atom stereocenters. The van der Waals surface area contributed by atoms with E-state index in [1.165, 1.54) is 57.8 Å². The maximum absolute atomic E-state index is 2.34. The maximum atomic E-state index is 2.34. The van der Waals surface area contributed by atoms with Gasteiger partial charge in [-0.15, -0.1) is 0 Å². The number of rotatable bonds is 4. The average molecular weight is 212 g/mol. The highest BCUT2D eigenvalue weighted by atomic mass is 14.3. The van der Waals surface area contributed by atoms with Gasteiger partial charge in [0.15, 0.2) is 0 Å². The molecule has 0 nitrogen and oxygen atoms in total. The Balaban J connectivity index is 0.000000921. The molecule has 0 spiro atoms. The van der Waals surface area contributed by atoms with Gasteiger partial charge in [0.05, 0.1) is 0 Å². The molecule has 0 radical (unpaired) electrons. The summed E-state index contributed by atoms with van der Waals surface area (Å²) in [6.45, 7) is 8.68. The van der Waals surface area contributed by atoms with Crippen molar-refractivity contribution in [1.29, 1.82) is 0 Å². The Morgan fingerprint density at radius 1 is 0.733 bits per heavy atom. The highest BCUT2D eigenvalue weighted by Gasteiger charge is 2.21. The lowest BCUT2D eigenvalue weighted by Crippen LogP contribution is -2.13. The van der Waals surface area contributed by atoms with Crippen molar-refractivity contribution in [3.8, 4) is 0 Å². The van der Waals surface area contributed by atoms with Crippen LogP contribution in [0.1, 0.15) is 85.5 Å². The molecule has 0 N–H and O–H groups in total. The molecule has 0 bridgehead atoms. The Bertz CT molecular complexity index is 103. The van der Waals surface area contributed by atoms with Gasteiger partial charge in [0.2, 0.25) is 0 Å². The third-order valence-electron chi connectivity index (χ3n) is 3.64. The van der Waals surface area contributed by atoms with Crippen LogP contribution < -0.4 is 0 Å². The third-order valence-corrected chi connectivity index (χ3v) is 3.64. The van der Waals surface area contributed by atoms with Crippen molar-refractivity contribution < 1.29 is 0 Å². The van der Waals surface area contributed by atoms with Crippen molar-refractivity contribution >= 4 is 0 Å². The molecule has 0 heteroatoms. The highest BCUT2D eigenvalue weighted by molar-refractivity contribution is 4.73. The second-order valence-electron chi connectivity index (χ2n) is 4.74. The van der Waals surface area contributed by atoms with Crippen molar-refractivity contribution in [1.82, 2.24) is 0 Å². The van der Waals surface area contributed by atoms with Crippen LogP contribution in [0.2, 0.25) is 0 Å². The fourth-order valence-electron chi connectivity index (χ4n) is 2.96. The largest absolute Gasteiger partial charge is 0.0683 e. The predicted molar refractivity (Wildman–Crippen MR) is 71.2 cm³/mol. The topological polar surface area (TPSA) is 0 Å². The van der Waals surface area contributed by atoms with Crippen molar-refractivity contribution in [2.75, 3.05) is 0 Å². The molecule has 1 aliphatic rings. The van der Waals surface area contributed by atoms with Crippen LogP contribution in [0.3, 0.4) is 0 Å². The van der Waals surface area contributed by atoms with Gasteiger partial charge in [-0.2, -0.15) is 0 Å². The average Bonchev–Trinajstić information content (AvgIpc) is 2.49. The molecule has 92 valence electrons. The Kier molecular flexibility index (Phi) is 10.5. The second-order valence-corrected chi connectivity index (χ2v) is 4.74. The Morgan fingerprint density at radius 2 is 1.13 bits per heavy atom. The monoisotopic (exact) mass is 212 g/mol. The van der Waals surface area contributed by atoms with E-state index in [-0.39, 0.29) is 0 Å². The van der Waals surface area contributed by atoms with Gasteiger partial charge < -0.3 is 0 Å². The maximum Gasteiger partial charge on any atom is -0.0386 e. The fraction of sp³-hybridized carbons (Fsp3) is 1.00. The molecule has 0 saturated heterocycles. The summed E-state index contributed by atoms with van der Waals surface area (Å²) in [5, 5.41) is 0. The third kappa shape index (κ3) is 6.22. The van der Waals surface area contributed by atoms with Crippen molar-refractivity contribution in [2.24, 2.45) is 11.8 Å². The number of hydrogen-bond acceptors (Lipinski definition) is 0. The summed E-state index contributed by atoms with van der Waals surface area (Å²) in [5.74, 6) is 2.15. The fourth-order valence-corrected chi connectivity index (χ4v) is 2.96. The van der Waals surface area contributed by atoms with Gasteiger partial charge in [-0.1, -0.05) is 85.5 Å². The van der Waals surface area contributed by atoms with Crippen molar-refractivity contribution in [3.63, 3.8) is 0 Å².